The minimum absolute atomic E-state index is 0.158. The zero-order chi connectivity index (χ0) is 24.8. The van der Waals surface area contributed by atoms with Crippen molar-refractivity contribution in [2.75, 3.05) is 6.79 Å². The Bertz CT molecular complexity index is 1770. The molecule has 0 bridgehead atoms. The Labute approximate surface area is 216 Å². The van der Waals surface area contributed by atoms with Gasteiger partial charge in [-0.3, -0.25) is 0 Å². The number of hydrogen-bond donors (Lipinski definition) is 0. The van der Waals surface area contributed by atoms with Crippen LogP contribution in [0.2, 0.25) is 5.02 Å². The highest BCUT2D eigenvalue weighted by Gasteiger charge is 2.18. The molecule has 180 valence electrons. The van der Waals surface area contributed by atoms with E-state index in [1.54, 1.807) is 48.5 Å². The topological polar surface area (TPSA) is 88.1 Å². The van der Waals surface area contributed by atoms with Crippen LogP contribution in [0, 0.1) is 0 Å². The van der Waals surface area contributed by atoms with Crippen LogP contribution in [0.4, 0.5) is 0 Å². The Hall–Kier alpha value is -3.59. The van der Waals surface area contributed by atoms with Crippen molar-refractivity contribution in [3.63, 3.8) is 0 Å². The summed E-state index contributed by atoms with van der Waals surface area (Å²) < 4.78 is 28.7. The molecular formula is C27H16BrClO7. The molecule has 0 aliphatic carbocycles. The van der Waals surface area contributed by atoms with Gasteiger partial charge in [0.25, 0.3) is 0 Å². The summed E-state index contributed by atoms with van der Waals surface area (Å²) >= 11 is 9.67. The second-order valence-corrected chi connectivity index (χ2v) is 9.57. The predicted molar refractivity (Wildman–Crippen MR) is 138 cm³/mol. The molecule has 36 heavy (non-hydrogen) atoms. The molecule has 0 saturated heterocycles. The first-order valence-corrected chi connectivity index (χ1v) is 12.1. The average molecular weight is 568 g/mol. The number of fused-ring (bicyclic) bond motifs is 3. The number of rotatable bonds is 4. The maximum absolute atomic E-state index is 12.8. The second-order valence-electron chi connectivity index (χ2n) is 8.22. The molecule has 3 aromatic carbocycles. The van der Waals surface area contributed by atoms with E-state index in [1.807, 2.05) is 6.07 Å². The molecular weight excluding hydrogens is 552 g/mol. The SMILES string of the molecule is O=c1cc(-c2cc3cc(Br)ccc3oc2=O)c2ccc(OCc3cc(Cl)cc4c3OCOC4)cc2o1. The quantitative estimate of drug-likeness (QED) is 0.231. The van der Waals surface area contributed by atoms with Crippen LogP contribution < -0.4 is 20.7 Å². The molecule has 0 amide bonds. The van der Waals surface area contributed by atoms with Crippen molar-refractivity contribution in [2.24, 2.45) is 0 Å². The first kappa shape index (κ1) is 22.8. The van der Waals surface area contributed by atoms with Gasteiger partial charge in [0.05, 0.1) is 12.2 Å². The highest BCUT2D eigenvalue weighted by Crippen LogP contribution is 2.34. The maximum atomic E-state index is 12.8. The van der Waals surface area contributed by atoms with Gasteiger partial charge in [0, 0.05) is 49.1 Å². The average Bonchev–Trinajstić information content (AvgIpc) is 2.86. The summed E-state index contributed by atoms with van der Waals surface area (Å²) in [6.07, 6.45) is 0. The smallest absolute Gasteiger partial charge is 0.344 e. The molecule has 7 nitrogen and oxygen atoms in total. The van der Waals surface area contributed by atoms with E-state index in [2.05, 4.69) is 15.9 Å². The van der Waals surface area contributed by atoms with Gasteiger partial charge in [0.1, 0.15) is 29.3 Å². The van der Waals surface area contributed by atoms with Gasteiger partial charge >= 0.3 is 11.3 Å². The predicted octanol–water partition coefficient (Wildman–Crippen LogP) is 6.43. The maximum Gasteiger partial charge on any atom is 0.344 e. The molecule has 3 heterocycles. The Morgan fingerprint density at radius 1 is 0.917 bits per heavy atom. The number of benzene rings is 3. The van der Waals surface area contributed by atoms with Crippen molar-refractivity contribution in [2.45, 2.75) is 13.2 Å². The minimum Gasteiger partial charge on any atom is -0.489 e. The van der Waals surface area contributed by atoms with Crippen LogP contribution in [-0.2, 0) is 18.0 Å². The molecule has 0 N–H and O–H groups in total. The van der Waals surface area contributed by atoms with Gasteiger partial charge in [-0.1, -0.05) is 27.5 Å². The minimum atomic E-state index is -0.597. The Morgan fingerprint density at radius 3 is 2.69 bits per heavy atom. The lowest BCUT2D eigenvalue weighted by Gasteiger charge is -2.21. The summed E-state index contributed by atoms with van der Waals surface area (Å²) in [7, 11) is 0. The molecule has 9 heteroatoms. The zero-order valence-corrected chi connectivity index (χ0v) is 20.9. The third kappa shape index (κ3) is 4.28. The van der Waals surface area contributed by atoms with Gasteiger partial charge in [0.15, 0.2) is 6.79 Å². The van der Waals surface area contributed by atoms with Crippen LogP contribution in [0.15, 0.2) is 83.6 Å². The highest BCUT2D eigenvalue weighted by atomic mass is 79.9. The van der Waals surface area contributed by atoms with Gasteiger partial charge in [-0.25, -0.2) is 9.59 Å². The van der Waals surface area contributed by atoms with Gasteiger partial charge < -0.3 is 23.0 Å². The molecule has 1 aliphatic heterocycles. The standard InChI is InChI=1S/C27H16BrClO7/c28-17-1-4-23-14(5-17)8-22(27(31)36-23)21-10-25(30)35-24-9-19(2-3-20(21)24)33-12-16-7-18(29)6-15-11-32-13-34-26(15)16/h1-10H,11-13H2. The largest absolute Gasteiger partial charge is 0.489 e. The van der Waals surface area contributed by atoms with Crippen molar-refractivity contribution < 1.29 is 23.0 Å². The fourth-order valence-electron chi connectivity index (χ4n) is 4.26. The van der Waals surface area contributed by atoms with Crippen molar-refractivity contribution >= 4 is 49.5 Å². The van der Waals surface area contributed by atoms with Crippen molar-refractivity contribution in [1.82, 2.24) is 0 Å². The molecule has 0 radical (unpaired) electrons. The molecule has 1 aliphatic rings. The Balaban J connectivity index is 1.38. The number of halogens is 2. The first-order chi connectivity index (χ1) is 17.4. The second kappa shape index (κ2) is 9.13. The molecule has 2 aromatic heterocycles. The lowest BCUT2D eigenvalue weighted by atomic mass is 10.0. The van der Waals surface area contributed by atoms with Gasteiger partial charge in [-0.15, -0.1) is 0 Å². The molecule has 0 atom stereocenters. The van der Waals surface area contributed by atoms with Crippen molar-refractivity contribution in [1.29, 1.82) is 0 Å². The summed E-state index contributed by atoms with van der Waals surface area (Å²) in [6, 6.07) is 17.0. The summed E-state index contributed by atoms with van der Waals surface area (Å²) in [4.78, 5) is 25.2. The number of ether oxygens (including phenoxy) is 3. The third-order valence-electron chi connectivity index (χ3n) is 5.85. The third-order valence-corrected chi connectivity index (χ3v) is 6.56. The molecule has 0 spiro atoms. The summed E-state index contributed by atoms with van der Waals surface area (Å²) in [5.74, 6) is 1.16. The fraction of sp³-hybridized carbons (Fsp3) is 0.111. The van der Waals surface area contributed by atoms with Gasteiger partial charge in [-0.05, 0) is 48.5 Å². The van der Waals surface area contributed by atoms with E-state index in [4.69, 9.17) is 34.6 Å². The van der Waals surface area contributed by atoms with E-state index < -0.39 is 11.3 Å². The van der Waals surface area contributed by atoms with E-state index in [0.717, 1.165) is 21.0 Å². The molecule has 0 unspecified atom stereocenters. The Kier molecular flexibility index (Phi) is 5.79. The van der Waals surface area contributed by atoms with Crippen LogP contribution in [0.1, 0.15) is 11.1 Å². The van der Waals surface area contributed by atoms with E-state index in [9.17, 15) is 9.59 Å². The van der Waals surface area contributed by atoms with E-state index in [1.165, 1.54) is 6.07 Å². The molecule has 0 fully saturated rings. The summed E-state index contributed by atoms with van der Waals surface area (Å²) in [5, 5.41) is 1.85. The van der Waals surface area contributed by atoms with Crippen molar-refractivity contribution in [3.05, 3.63) is 102 Å². The fourth-order valence-corrected chi connectivity index (χ4v) is 4.90. The van der Waals surface area contributed by atoms with E-state index in [-0.39, 0.29) is 24.5 Å². The van der Waals surface area contributed by atoms with Gasteiger partial charge in [0.2, 0.25) is 0 Å². The van der Waals surface area contributed by atoms with Crippen LogP contribution in [0.3, 0.4) is 0 Å². The number of hydrogen-bond acceptors (Lipinski definition) is 7. The molecule has 0 saturated carbocycles. The highest BCUT2D eigenvalue weighted by molar-refractivity contribution is 9.10. The van der Waals surface area contributed by atoms with Crippen LogP contribution >= 0.6 is 27.5 Å². The molecule has 6 rings (SSSR count). The van der Waals surface area contributed by atoms with E-state index >= 15 is 0 Å². The molecule has 5 aromatic rings. The van der Waals surface area contributed by atoms with Crippen LogP contribution in [0.5, 0.6) is 11.5 Å². The van der Waals surface area contributed by atoms with Gasteiger partial charge in [-0.2, -0.15) is 0 Å². The first-order valence-electron chi connectivity index (χ1n) is 10.9. The monoisotopic (exact) mass is 566 g/mol. The summed E-state index contributed by atoms with van der Waals surface area (Å²) in [6.45, 7) is 0.749. The normalized spacial score (nSPS) is 12.9. The Morgan fingerprint density at radius 2 is 1.81 bits per heavy atom. The lowest BCUT2D eigenvalue weighted by molar-refractivity contribution is -0.0175. The van der Waals surface area contributed by atoms with Crippen LogP contribution in [0.25, 0.3) is 33.1 Å². The zero-order valence-electron chi connectivity index (χ0n) is 18.5. The van der Waals surface area contributed by atoms with E-state index in [0.29, 0.717) is 39.7 Å². The lowest BCUT2D eigenvalue weighted by Crippen LogP contribution is -2.14. The van der Waals surface area contributed by atoms with Crippen LogP contribution in [-0.4, -0.2) is 6.79 Å². The summed E-state index contributed by atoms with van der Waals surface area (Å²) in [5.41, 5.74) is 1.89. The van der Waals surface area contributed by atoms with Crippen molar-refractivity contribution in [3.8, 4) is 22.6 Å².